The Hall–Kier alpha value is 1.95. The fraction of sp³-hybridized carbons (Fsp3) is 1.00. The standard InChI is InChI=1S/2C4H8O.4ClH.Hf/c2*1-2-4-5-3-1;;;;;/h2*1-4H2;4*1H;/q;;;;;;+4/p-4. The van der Waals surface area contributed by atoms with Gasteiger partial charge in [-0.15, -0.1) is 0 Å². The molecular weight excluding hydrogens is 448 g/mol. The van der Waals surface area contributed by atoms with Gasteiger partial charge in [0, 0.05) is 26.4 Å². The molecular formula is C8H16Cl4HfO2. The van der Waals surface area contributed by atoms with Crippen molar-refractivity contribution >= 4 is 0 Å². The van der Waals surface area contributed by atoms with Crippen LogP contribution in [-0.2, 0) is 35.3 Å². The van der Waals surface area contributed by atoms with Crippen LogP contribution in [-0.4, -0.2) is 26.4 Å². The number of hydrogen-bond donors (Lipinski definition) is 0. The van der Waals surface area contributed by atoms with Crippen LogP contribution in [0.15, 0.2) is 0 Å². The van der Waals surface area contributed by atoms with Gasteiger partial charge in [0.05, 0.1) is 0 Å². The van der Waals surface area contributed by atoms with Crippen molar-refractivity contribution in [3.05, 3.63) is 0 Å². The first-order valence-corrected chi connectivity index (χ1v) is 4.15. The van der Waals surface area contributed by atoms with Gasteiger partial charge in [0.25, 0.3) is 0 Å². The van der Waals surface area contributed by atoms with Gasteiger partial charge in [-0.05, 0) is 25.7 Å². The first-order chi connectivity index (χ1) is 5.00. The van der Waals surface area contributed by atoms with Gasteiger partial charge in [0.15, 0.2) is 0 Å². The molecule has 0 saturated carbocycles. The van der Waals surface area contributed by atoms with Crippen LogP contribution >= 0.6 is 0 Å². The molecule has 0 radical (unpaired) electrons. The van der Waals surface area contributed by atoms with E-state index in [0.717, 1.165) is 26.4 Å². The van der Waals surface area contributed by atoms with Crippen molar-refractivity contribution in [2.75, 3.05) is 26.4 Å². The van der Waals surface area contributed by atoms with E-state index < -0.39 is 0 Å². The zero-order chi connectivity index (χ0) is 7.07. The molecule has 15 heavy (non-hydrogen) atoms. The summed E-state index contributed by atoms with van der Waals surface area (Å²) in [6.07, 6.45) is 5.11. The van der Waals surface area contributed by atoms with E-state index in [1.54, 1.807) is 0 Å². The molecule has 92 valence electrons. The molecule has 2 aliphatic heterocycles. The smallest absolute Gasteiger partial charge is 1.00 e. The SMILES string of the molecule is C1CCOC1.C1CCOC1.[Cl-].[Cl-].[Cl-].[Cl-].[Hf+4]. The zero-order valence-electron chi connectivity index (χ0n) is 8.49. The second-order valence-electron chi connectivity index (χ2n) is 2.64. The maximum Gasteiger partial charge on any atom is 4.00 e. The van der Waals surface area contributed by atoms with Crippen molar-refractivity contribution < 1.29 is 84.9 Å². The number of ether oxygens (including phenoxy) is 2. The third kappa shape index (κ3) is 21.7. The number of halogens is 4. The molecule has 0 aromatic heterocycles. The molecule has 2 aliphatic rings. The summed E-state index contributed by atoms with van der Waals surface area (Å²) >= 11 is 0. The van der Waals surface area contributed by atoms with Crippen molar-refractivity contribution in [3.8, 4) is 0 Å². The summed E-state index contributed by atoms with van der Waals surface area (Å²) in [6, 6.07) is 0. The van der Waals surface area contributed by atoms with Gasteiger partial charge in [-0.2, -0.15) is 0 Å². The quantitative estimate of drug-likeness (QED) is 0.332. The van der Waals surface area contributed by atoms with Gasteiger partial charge in [-0.25, -0.2) is 0 Å². The van der Waals surface area contributed by atoms with Crippen LogP contribution in [0.3, 0.4) is 0 Å². The minimum absolute atomic E-state index is 0. The second-order valence-corrected chi connectivity index (χ2v) is 2.64. The second kappa shape index (κ2) is 25.0. The van der Waals surface area contributed by atoms with Gasteiger partial charge in [-0.3, -0.25) is 0 Å². The van der Waals surface area contributed by atoms with Gasteiger partial charge < -0.3 is 59.1 Å². The molecule has 0 N–H and O–H groups in total. The molecule has 2 saturated heterocycles. The van der Waals surface area contributed by atoms with Crippen molar-refractivity contribution in [2.45, 2.75) is 25.7 Å². The van der Waals surface area contributed by atoms with Crippen LogP contribution < -0.4 is 49.6 Å². The summed E-state index contributed by atoms with van der Waals surface area (Å²) in [5.74, 6) is 0. The minimum atomic E-state index is 0. The minimum Gasteiger partial charge on any atom is -1.00 e. The Labute approximate surface area is 136 Å². The van der Waals surface area contributed by atoms with Crippen LogP contribution in [0.1, 0.15) is 25.7 Å². The van der Waals surface area contributed by atoms with Gasteiger partial charge in [-0.1, -0.05) is 0 Å². The summed E-state index contributed by atoms with van der Waals surface area (Å²) in [4.78, 5) is 0. The maximum absolute atomic E-state index is 4.94. The maximum atomic E-state index is 4.94. The van der Waals surface area contributed by atoms with Crippen molar-refractivity contribution in [2.24, 2.45) is 0 Å². The molecule has 2 nitrogen and oxygen atoms in total. The predicted octanol–water partition coefficient (Wildman–Crippen LogP) is -10.4. The molecule has 0 bridgehead atoms. The van der Waals surface area contributed by atoms with Crippen LogP contribution in [0.2, 0.25) is 0 Å². The normalized spacial score (nSPS) is 16.0. The summed E-state index contributed by atoms with van der Waals surface area (Å²) in [5.41, 5.74) is 0. The average Bonchev–Trinajstić information content (AvgIpc) is 2.67. The molecule has 0 unspecified atom stereocenters. The first-order valence-electron chi connectivity index (χ1n) is 4.15. The molecule has 0 atom stereocenters. The topological polar surface area (TPSA) is 18.5 Å². The number of rotatable bonds is 0. The van der Waals surface area contributed by atoms with Crippen LogP contribution in [0.5, 0.6) is 0 Å². The van der Waals surface area contributed by atoms with Crippen molar-refractivity contribution in [1.82, 2.24) is 0 Å². The Balaban J connectivity index is -0.0000000333. The molecule has 0 aromatic carbocycles. The largest absolute Gasteiger partial charge is 4.00 e. The monoisotopic (exact) mass is 464 g/mol. The van der Waals surface area contributed by atoms with Gasteiger partial charge in [0.1, 0.15) is 0 Å². The van der Waals surface area contributed by atoms with E-state index in [-0.39, 0.29) is 75.5 Å². The summed E-state index contributed by atoms with van der Waals surface area (Å²) < 4.78 is 9.89. The Kier molecular flexibility index (Phi) is 50.3. The van der Waals surface area contributed by atoms with Crippen LogP contribution in [0, 0.1) is 0 Å². The first kappa shape index (κ1) is 30.2. The molecule has 7 heteroatoms. The van der Waals surface area contributed by atoms with Gasteiger partial charge in [0.2, 0.25) is 0 Å². The molecule has 0 amide bonds. The van der Waals surface area contributed by atoms with E-state index >= 15 is 0 Å². The summed E-state index contributed by atoms with van der Waals surface area (Å²) in [6.45, 7) is 4.00. The third-order valence-electron chi connectivity index (χ3n) is 1.65. The van der Waals surface area contributed by atoms with E-state index in [9.17, 15) is 0 Å². The molecule has 0 aromatic rings. The molecule has 2 rings (SSSR count). The Morgan fingerprint density at radius 2 is 0.667 bits per heavy atom. The van der Waals surface area contributed by atoms with Crippen LogP contribution in [0.25, 0.3) is 0 Å². The van der Waals surface area contributed by atoms with Crippen LogP contribution in [0.4, 0.5) is 0 Å². The van der Waals surface area contributed by atoms with E-state index in [4.69, 9.17) is 9.47 Å². The molecule has 2 fully saturated rings. The van der Waals surface area contributed by atoms with E-state index in [1.807, 2.05) is 0 Å². The van der Waals surface area contributed by atoms with Gasteiger partial charge >= 0.3 is 25.8 Å². The van der Waals surface area contributed by atoms with E-state index in [1.165, 1.54) is 25.7 Å². The fourth-order valence-electron chi connectivity index (χ4n) is 1.02. The zero-order valence-corrected chi connectivity index (χ0v) is 15.1. The van der Waals surface area contributed by atoms with Crippen molar-refractivity contribution in [3.63, 3.8) is 0 Å². The molecule has 2 heterocycles. The average molecular weight is 465 g/mol. The summed E-state index contributed by atoms with van der Waals surface area (Å²) in [7, 11) is 0. The molecule has 0 spiro atoms. The fourth-order valence-corrected chi connectivity index (χ4v) is 1.02. The Bertz CT molecular complexity index is 57.8. The van der Waals surface area contributed by atoms with E-state index in [2.05, 4.69) is 0 Å². The molecule has 0 aliphatic carbocycles. The third-order valence-corrected chi connectivity index (χ3v) is 1.65. The summed E-state index contributed by atoms with van der Waals surface area (Å²) in [5, 5.41) is 0. The Morgan fingerprint density at radius 1 is 0.467 bits per heavy atom. The predicted molar refractivity (Wildman–Crippen MR) is 40.1 cm³/mol. The van der Waals surface area contributed by atoms with E-state index in [0.29, 0.717) is 0 Å². The van der Waals surface area contributed by atoms with Crippen molar-refractivity contribution in [1.29, 1.82) is 0 Å². The Morgan fingerprint density at radius 3 is 0.733 bits per heavy atom. The number of hydrogen-bond acceptors (Lipinski definition) is 2.